The number of benzene rings is 1. The van der Waals surface area contributed by atoms with Gasteiger partial charge in [-0.2, -0.15) is 0 Å². The third kappa shape index (κ3) is 5.97. The molecule has 0 spiro atoms. The van der Waals surface area contributed by atoms with Gasteiger partial charge >= 0.3 is 0 Å². The van der Waals surface area contributed by atoms with Crippen LogP contribution in [0.3, 0.4) is 0 Å². The van der Waals surface area contributed by atoms with Crippen LogP contribution in [0.1, 0.15) is 23.7 Å². The zero-order chi connectivity index (χ0) is 14.4. The minimum absolute atomic E-state index is 0. The average Bonchev–Trinajstić information content (AvgIpc) is 2.49. The molecule has 2 rings (SSSR count). The molecule has 1 amide bonds. The summed E-state index contributed by atoms with van der Waals surface area (Å²) in [5, 5.41) is 0. The number of nitrogens with two attached hydrogens (primary N) is 1. The van der Waals surface area contributed by atoms with Gasteiger partial charge < -0.3 is 10.6 Å². The van der Waals surface area contributed by atoms with Gasteiger partial charge in [0.05, 0.1) is 18.4 Å². The van der Waals surface area contributed by atoms with Gasteiger partial charge in [0, 0.05) is 31.9 Å². The van der Waals surface area contributed by atoms with E-state index in [1.807, 2.05) is 30.3 Å². The molecule has 0 aliphatic rings. The molecular weight excluding hydrogens is 323 g/mol. The number of rotatable bonds is 5. The van der Waals surface area contributed by atoms with E-state index < -0.39 is 0 Å². The van der Waals surface area contributed by atoms with Crippen LogP contribution in [0.15, 0.2) is 48.9 Å². The highest BCUT2D eigenvalue weighted by molar-refractivity contribution is 5.85. The van der Waals surface area contributed by atoms with Crippen LogP contribution in [-0.4, -0.2) is 27.8 Å². The fraction of sp³-hybridized carbons (Fsp3) is 0.267. The van der Waals surface area contributed by atoms with Crippen molar-refractivity contribution < 1.29 is 4.79 Å². The molecule has 22 heavy (non-hydrogen) atoms. The minimum atomic E-state index is -0.284. The topological polar surface area (TPSA) is 72.1 Å². The summed E-state index contributed by atoms with van der Waals surface area (Å²) >= 11 is 0. The highest BCUT2D eigenvalue weighted by Gasteiger charge is 2.15. The zero-order valence-corrected chi connectivity index (χ0v) is 13.9. The number of hydrogen-bond acceptors (Lipinski definition) is 4. The number of carbonyl (C=O) groups excluding carboxylic acids is 1. The van der Waals surface area contributed by atoms with E-state index in [9.17, 15) is 4.79 Å². The molecular formula is C15H20Cl2N4O. The van der Waals surface area contributed by atoms with Crippen molar-refractivity contribution in [3.05, 3.63) is 60.2 Å². The maximum absolute atomic E-state index is 12.1. The number of halogens is 2. The Morgan fingerprint density at radius 1 is 1.23 bits per heavy atom. The first kappa shape index (κ1) is 20.3. The number of hydrogen-bond donors (Lipinski definition) is 1. The first-order chi connectivity index (χ1) is 9.66. The highest BCUT2D eigenvalue weighted by atomic mass is 35.5. The quantitative estimate of drug-likeness (QED) is 0.905. The van der Waals surface area contributed by atoms with Crippen LogP contribution in [0.25, 0.3) is 0 Å². The van der Waals surface area contributed by atoms with Crippen LogP contribution >= 0.6 is 24.8 Å². The maximum Gasteiger partial charge on any atom is 0.224 e. The third-order valence-corrected chi connectivity index (χ3v) is 3.06. The van der Waals surface area contributed by atoms with Gasteiger partial charge in [0.25, 0.3) is 0 Å². The molecule has 120 valence electrons. The molecule has 0 saturated carbocycles. The van der Waals surface area contributed by atoms with Gasteiger partial charge in [0.2, 0.25) is 5.91 Å². The summed E-state index contributed by atoms with van der Waals surface area (Å²) in [5.74, 6) is -0.00740. The Kier molecular flexibility index (Phi) is 9.33. The van der Waals surface area contributed by atoms with Gasteiger partial charge in [-0.25, -0.2) is 0 Å². The van der Waals surface area contributed by atoms with Crippen LogP contribution in [0.5, 0.6) is 0 Å². The molecule has 2 N–H and O–H groups in total. The molecule has 5 nitrogen and oxygen atoms in total. The third-order valence-electron chi connectivity index (χ3n) is 3.06. The molecule has 0 radical (unpaired) electrons. The SMILES string of the molecule is CN(Cc1cnccn1)C(=O)CC(N)c1ccccc1.Cl.Cl. The predicted octanol–water partition coefficient (Wildman–Crippen LogP) is 2.37. The molecule has 1 aromatic carbocycles. The van der Waals surface area contributed by atoms with Crippen molar-refractivity contribution in [3.8, 4) is 0 Å². The smallest absolute Gasteiger partial charge is 0.224 e. The van der Waals surface area contributed by atoms with E-state index in [2.05, 4.69) is 9.97 Å². The first-order valence-corrected chi connectivity index (χ1v) is 6.46. The van der Waals surface area contributed by atoms with E-state index in [0.717, 1.165) is 11.3 Å². The molecule has 1 atom stereocenters. The van der Waals surface area contributed by atoms with E-state index in [4.69, 9.17) is 5.73 Å². The van der Waals surface area contributed by atoms with Crippen LogP contribution in [0.4, 0.5) is 0 Å². The molecule has 0 aliphatic carbocycles. The van der Waals surface area contributed by atoms with Crippen LogP contribution in [-0.2, 0) is 11.3 Å². The van der Waals surface area contributed by atoms with E-state index in [1.54, 1.807) is 30.5 Å². The summed E-state index contributed by atoms with van der Waals surface area (Å²) in [6, 6.07) is 9.35. The lowest BCUT2D eigenvalue weighted by atomic mass is 10.0. The normalized spacial score (nSPS) is 10.8. The molecule has 2 aromatic rings. The Hall–Kier alpha value is -1.69. The van der Waals surface area contributed by atoms with Gasteiger partial charge in [0.15, 0.2) is 0 Å². The second kappa shape index (κ2) is 10.1. The summed E-state index contributed by atoms with van der Waals surface area (Å²) in [5.41, 5.74) is 7.78. The van der Waals surface area contributed by atoms with E-state index >= 15 is 0 Å². The van der Waals surface area contributed by atoms with Gasteiger partial charge in [-0.15, -0.1) is 24.8 Å². The van der Waals surface area contributed by atoms with Crippen molar-refractivity contribution in [1.82, 2.24) is 14.9 Å². The second-order valence-corrected chi connectivity index (χ2v) is 4.67. The zero-order valence-electron chi connectivity index (χ0n) is 12.3. The Balaban J connectivity index is 0.00000220. The van der Waals surface area contributed by atoms with Crippen molar-refractivity contribution in [2.75, 3.05) is 7.05 Å². The van der Waals surface area contributed by atoms with Crippen molar-refractivity contribution in [2.45, 2.75) is 19.0 Å². The Morgan fingerprint density at radius 2 is 1.91 bits per heavy atom. The lowest BCUT2D eigenvalue weighted by molar-refractivity contribution is -0.130. The lowest BCUT2D eigenvalue weighted by Gasteiger charge is -2.19. The van der Waals surface area contributed by atoms with E-state index in [1.165, 1.54) is 0 Å². The molecule has 0 saturated heterocycles. The Bertz CT molecular complexity index is 554. The highest BCUT2D eigenvalue weighted by Crippen LogP contribution is 2.14. The van der Waals surface area contributed by atoms with Gasteiger partial charge in [-0.1, -0.05) is 30.3 Å². The van der Waals surface area contributed by atoms with E-state index in [-0.39, 0.29) is 43.2 Å². The first-order valence-electron chi connectivity index (χ1n) is 6.46. The van der Waals surface area contributed by atoms with Gasteiger partial charge in [-0.3, -0.25) is 14.8 Å². The van der Waals surface area contributed by atoms with Gasteiger partial charge in [-0.05, 0) is 5.56 Å². The molecule has 0 aliphatic heterocycles. The van der Waals surface area contributed by atoms with Crippen LogP contribution in [0, 0.1) is 0 Å². The lowest BCUT2D eigenvalue weighted by Crippen LogP contribution is -2.29. The summed E-state index contributed by atoms with van der Waals surface area (Å²) in [6.07, 6.45) is 5.15. The maximum atomic E-state index is 12.1. The molecule has 1 aromatic heterocycles. The number of nitrogens with zero attached hydrogens (tertiary/aromatic N) is 3. The average molecular weight is 343 g/mol. The summed E-state index contributed by atoms with van der Waals surface area (Å²) in [4.78, 5) is 21.9. The van der Waals surface area contributed by atoms with Crippen molar-refractivity contribution in [1.29, 1.82) is 0 Å². The number of amides is 1. The number of carbonyl (C=O) groups is 1. The van der Waals surface area contributed by atoms with Gasteiger partial charge in [0.1, 0.15) is 0 Å². The molecule has 0 fully saturated rings. The van der Waals surface area contributed by atoms with Crippen LogP contribution in [0.2, 0.25) is 0 Å². The standard InChI is InChI=1S/C15H18N4O.2ClH/c1-19(11-13-10-17-7-8-18-13)15(20)9-14(16)12-5-3-2-4-6-12;;/h2-8,10,14H,9,11,16H2,1H3;2*1H. The Labute approximate surface area is 142 Å². The minimum Gasteiger partial charge on any atom is -0.340 e. The summed E-state index contributed by atoms with van der Waals surface area (Å²) < 4.78 is 0. The van der Waals surface area contributed by atoms with E-state index in [0.29, 0.717) is 6.54 Å². The molecule has 1 heterocycles. The molecule has 1 unspecified atom stereocenters. The fourth-order valence-electron chi connectivity index (χ4n) is 1.90. The van der Waals surface area contributed by atoms with Crippen molar-refractivity contribution in [2.24, 2.45) is 5.73 Å². The summed E-state index contributed by atoms with van der Waals surface area (Å²) in [6.45, 7) is 0.439. The number of aromatic nitrogens is 2. The second-order valence-electron chi connectivity index (χ2n) is 4.67. The van der Waals surface area contributed by atoms with Crippen molar-refractivity contribution in [3.63, 3.8) is 0 Å². The molecule has 0 bridgehead atoms. The van der Waals surface area contributed by atoms with Crippen LogP contribution < -0.4 is 5.73 Å². The monoisotopic (exact) mass is 342 g/mol. The molecule has 7 heteroatoms. The van der Waals surface area contributed by atoms with Crippen molar-refractivity contribution >= 4 is 30.7 Å². The predicted molar refractivity (Wildman–Crippen MR) is 91.0 cm³/mol. The summed E-state index contributed by atoms with van der Waals surface area (Å²) in [7, 11) is 1.74. The largest absolute Gasteiger partial charge is 0.340 e. The fourth-order valence-corrected chi connectivity index (χ4v) is 1.90. The Morgan fingerprint density at radius 3 is 2.50 bits per heavy atom.